The summed E-state index contributed by atoms with van der Waals surface area (Å²) < 4.78 is 0. The molecule has 0 aliphatic heterocycles. The van der Waals surface area contributed by atoms with E-state index in [1.807, 2.05) is 25.4 Å². The van der Waals surface area contributed by atoms with Gasteiger partial charge in [0.2, 0.25) is 0 Å². The summed E-state index contributed by atoms with van der Waals surface area (Å²) in [6, 6.07) is 2.68. The number of anilines is 2. The molecule has 1 atom stereocenters. The highest BCUT2D eigenvalue weighted by Crippen LogP contribution is 2.32. The molecule has 0 spiro atoms. The van der Waals surface area contributed by atoms with Crippen molar-refractivity contribution in [3.8, 4) is 10.6 Å². The van der Waals surface area contributed by atoms with Crippen LogP contribution < -0.4 is 10.6 Å². The van der Waals surface area contributed by atoms with E-state index in [4.69, 9.17) is 4.98 Å². The monoisotopic (exact) mass is 469 g/mol. The highest BCUT2D eigenvalue weighted by atomic mass is 32.2. The first-order valence-electron chi connectivity index (χ1n) is 11.4. The van der Waals surface area contributed by atoms with E-state index in [2.05, 4.69) is 44.4 Å². The van der Waals surface area contributed by atoms with Gasteiger partial charge in [-0.25, -0.2) is 19.9 Å². The number of nitrogens with one attached hydrogen (secondary N) is 2. The van der Waals surface area contributed by atoms with Gasteiger partial charge in [0.25, 0.3) is 0 Å². The van der Waals surface area contributed by atoms with Gasteiger partial charge in [-0.1, -0.05) is 56.2 Å². The van der Waals surface area contributed by atoms with E-state index in [9.17, 15) is 0 Å². The molecule has 1 unspecified atom stereocenters. The molecule has 2 N–H and O–H groups in total. The summed E-state index contributed by atoms with van der Waals surface area (Å²) in [7, 11) is 0. The number of hydrogen-bond donors (Lipinski definition) is 2. The molecule has 1 aliphatic carbocycles. The van der Waals surface area contributed by atoms with E-state index in [0.29, 0.717) is 17.1 Å². The van der Waals surface area contributed by atoms with Gasteiger partial charge in [-0.05, 0) is 32.3 Å². The quantitative estimate of drug-likeness (QED) is 0.197. The van der Waals surface area contributed by atoms with Gasteiger partial charge in [-0.15, -0.1) is 0 Å². The summed E-state index contributed by atoms with van der Waals surface area (Å²) in [6.07, 6.45) is 12.9. The second-order valence-electron chi connectivity index (χ2n) is 8.30. The molecule has 0 aromatic carbocycles. The zero-order valence-corrected chi connectivity index (χ0v) is 20.6. The Bertz CT molecular complexity index is 1000. The molecule has 1 aliphatic rings. The van der Waals surface area contributed by atoms with Crippen LogP contribution in [0.2, 0.25) is 0 Å². The van der Waals surface area contributed by atoms with Crippen LogP contribution in [0.1, 0.15) is 63.8 Å². The average molecular weight is 470 g/mol. The fraction of sp³-hybridized carbons (Fsp3) is 0.522. The molecule has 3 aromatic heterocycles. The van der Waals surface area contributed by atoms with Gasteiger partial charge in [-0.2, -0.15) is 0 Å². The summed E-state index contributed by atoms with van der Waals surface area (Å²) in [5, 5.41) is 8.83. The van der Waals surface area contributed by atoms with Crippen molar-refractivity contribution in [2.24, 2.45) is 0 Å². The summed E-state index contributed by atoms with van der Waals surface area (Å²) >= 11 is 3.32. The normalized spacial score (nSPS) is 14.5. The molecular weight excluding hydrogens is 438 g/mol. The summed E-state index contributed by atoms with van der Waals surface area (Å²) in [4.78, 5) is 23.9. The van der Waals surface area contributed by atoms with E-state index in [0.717, 1.165) is 38.8 Å². The maximum atomic E-state index is 4.80. The first-order valence-corrected chi connectivity index (χ1v) is 13.1. The zero-order valence-electron chi connectivity index (χ0n) is 19.0. The van der Waals surface area contributed by atoms with Crippen molar-refractivity contribution in [1.29, 1.82) is 0 Å². The topological polar surface area (TPSA) is 88.5 Å². The number of aryl methyl sites for hydroxylation is 1. The van der Waals surface area contributed by atoms with Gasteiger partial charge < -0.3 is 10.6 Å². The standard InChI is InChI=1S/C23H31N7S2/c1-4-5-6-7-16(3)31-23-28-15(2)10-19(29-23)20-13-27-22(32-20)30-21-14-25-18(12-26-21)11-24-17-8-9-17/h10,12-14,16-17,24H,4-9,11H2,1-3H3,(H,26,27,30). The van der Waals surface area contributed by atoms with Gasteiger partial charge in [0.05, 0.1) is 28.7 Å². The van der Waals surface area contributed by atoms with Crippen molar-refractivity contribution in [1.82, 2.24) is 30.2 Å². The molecule has 1 saturated carbocycles. The smallest absolute Gasteiger partial charge is 0.188 e. The second-order valence-corrected chi connectivity index (χ2v) is 10.7. The molecule has 170 valence electrons. The van der Waals surface area contributed by atoms with Crippen molar-refractivity contribution in [3.63, 3.8) is 0 Å². The highest BCUT2D eigenvalue weighted by molar-refractivity contribution is 7.99. The van der Waals surface area contributed by atoms with E-state index in [-0.39, 0.29) is 0 Å². The van der Waals surface area contributed by atoms with Crippen LogP contribution in [-0.4, -0.2) is 36.2 Å². The third kappa shape index (κ3) is 6.95. The SMILES string of the molecule is CCCCCC(C)Sc1nc(C)cc(-c2cnc(Nc3cnc(CNC4CC4)cn3)s2)n1. The number of hydrogen-bond acceptors (Lipinski definition) is 9. The van der Waals surface area contributed by atoms with Crippen molar-refractivity contribution >= 4 is 34.0 Å². The Labute approximate surface area is 198 Å². The van der Waals surface area contributed by atoms with Gasteiger partial charge >= 0.3 is 0 Å². The largest absolute Gasteiger partial charge is 0.315 e. The average Bonchev–Trinajstić information content (AvgIpc) is 3.49. The number of thioether (sulfide) groups is 1. The number of aromatic nitrogens is 5. The van der Waals surface area contributed by atoms with Crippen molar-refractivity contribution in [3.05, 3.63) is 36.0 Å². The van der Waals surface area contributed by atoms with Crippen molar-refractivity contribution in [2.45, 2.75) is 82.3 Å². The number of nitrogens with zero attached hydrogens (tertiary/aromatic N) is 5. The van der Waals surface area contributed by atoms with Crippen LogP contribution in [0.3, 0.4) is 0 Å². The van der Waals surface area contributed by atoms with Crippen LogP contribution in [0.4, 0.5) is 10.9 Å². The Morgan fingerprint density at radius 2 is 2.00 bits per heavy atom. The van der Waals surface area contributed by atoms with Crippen molar-refractivity contribution < 1.29 is 0 Å². The maximum absolute atomic E-state index is 4.80. The fourth-order valence-corrected chi connectivity index (χ4v) is 5.02. The van der Waals surface area contributed by atoms with Gasteiger partial charge in [0, 0.05) is 29.7 Å². The van der Waals surface area contributed by atoms with Crippen LogP contribution in [0.15, 0.2) is 29.8 Å². The molecular formula is C23H31N7S2. The lowest BCUT2D eigenvalue weighted by Gasteiger charge is -2.10. The third-order valence-electron chi connectivity index (χ3n) is 5.20. The summed E-state index contributed by atoms with van der Waals surface area (Å²) in [5.41, 5.74) is 2.84. The predicted molar refractivity (Wildman–Crippen MR) is 133 cm³/mol. The van der Waals surface area contributed by atoms with E-state index >= 15 is 0 Å². The maximum Gasteiger partial charge on any atom is 0.188 e. The molecule has 0 radical (unpaired) electrons. The molecule has 3 heterocycles. The number of rotatable bonds is 12. The molecule has 1 fully saturated rings. The molecule has 4 rings (SSSR count). The highest BCUT2D eigenvalue weighted by Gasteiger charge is 2.20. The van der Waals surface area contributed by atoms with E-state index in [1.165, 1.54) is 38.5 Å². The fourth-order valence-electron chi connectivity index (χ4n) is 3.25. The predicted octanol–water partition coefficient (Wildman–Crippen LogP) is 5.76. The lowest BCUT2D eigenvalue weighted by molar-refractivity contribution is 0.663. The molecule has 32 heavy (non-hydrogen) atoms. The van der Waals surface area contributed by atoms with E-state index in [1.54, 1.807) is 29.3 Å². The summed E-state index contributed by atoms with van der Waals surface area (Å²) in [6.45, 7) is 7.28. The third-order valence-corrected chi connectivity index (χ3v) is 7.17. The Morgan fingerprint density at radius 1 is 1.12 bits per heavy atom. The Kier molecular flexibility index (Phi) is 8.05. The molecule has 0 amide bonds. The Morgan fingerprint density at radius 3 is 2.75 bits per heavy atom. The lowest BCUT2D eigenvalue weighted by atomic mass is 10.2. The minimum atomic E-state index is 0.510. The Balaban J connectivity index is 1.37. The van der Waals surface area contributed by atoms with Gasteiger partial charge in [-0.3, -0.25) is 4.98 Å². The van der Waals surface area contributed by atoms with E-state index < -0.39 is 0 Å². The molecule has 7 nitrogen and oxygen atoms in total. The Hall–Kier alpha value is -2.10. The van der Waals surface area contributed by atoms with Crippen LogP contribution >= 0.6 is 23.1 Å². The zero-order chi connectivity index (χ0) is 22.3. The van der Waals surface area contributed by atoms with Gasteiger partial charge in [0.15, 0.2) is 16.1 Å². The minimum absolute atomic E-state index is 0.510. The van der Waals surface area contributed by atoms with Gasteiger partial charge in [0.1, 0.15) is 0 Å². The van der Waals surface area contributed by atoms with Crippen molar-refractivity contribution in [2.75, 3.05) is 5.32 Å². The number of unbranched alkanes of at least 4 members (excludes halogenated alkanes) is 2. The first-order chi connectivity index (χ1) is 15.6. The molecule has 9 heteroatoms. The van der Waals surface area contributed by atoms with Crippen LogP contribution in [-0.2, 0) is 6.54 Å². The molecule has 0 saturated heterocycles. The van der Waals surface area contributed by atoms with Crippen LogP contribution in [0.25, 0.3) is 10.6 Å². The second kappa shape index (κ2) is 11.2. The van der Waals surface area contributed by atoms with Crippen LogP contribution in [0.5, 0.6) is 0 Å². The lowest BCUT2D eigenvalue weighted by Crippen LogP contribution is -2.16. The molecule has 0 bridgehead atoms. The minimum Gasteiger partial charge on any atom is -0.315 e. The van der Waals surface area contributed by atoms with Crippen LogP contribution in [0, 0.1) is 6.92 Å². The summed E-state index contributed by atoms with van der Waals surface area (Å²) in [5.74, 6) is 0.692. The first kappa shape index (κ1) is 23.1. The number of thiazole rings is 1. The molecule has 3 aromatic rings.